The molecule has 1 aliphatic rings. The highest BCUT2D eigenvalue weighted by molar-refractivity contribution is 14.0. The van der Waals surface area contributed by atoms with Gasteiger partial charge in [-0.15, -0.1) is 24.0 Å². The first kappa shape index (κ1) is 23.7. The summed E-state index contributed by atoms with van der Waals surface area (Å²) in [5.41, 5.74) is 0. The summed E-state index contributed by atoms with van der Waals surface area (Å²) < 4.78 is 0. The number of carbonyl (C=O) groups excluding carboxylic acids is 1. The summed E-state index contributed by atoms with van der Waals surface area (Å²) in [6.45, 7) is 4.80. The summed E-state index contributed by atoms with van der Waals surface area (Å²) in [6.07, 6.45) is 4.88. The van der Waals surface area contributed by atoms with E-state index in [9.17, 15) is 4.79 Å². The van der Waals surface area contributed by atoms with Crippen LogP contribution in [0.25, 0.3) is 0 Å². The lowest BCUT2D eigenvalue weighted by atomic mass is 10.3. The highest BCUT2D eigenvalue weighted by Crippen LogP contribution is 2.25. The predicted molar refractivity (Wildman–Crippen MR) is 122 cm³/mol. The number of carbonyl (C=O) groups is 1. The number of hydrogen-bond donors (Lipinski definition) is 2. The van der Waals surface area contributed by atoms with Crippen molar-refractivity contribution in [2.75, 3.05) is 45.2 Å². The van der Waals surface area contributed by atoms with Crippen molar-refractivity contribution in [1.82, 2.24) is 20.5 Å². The molecule has 0 spiro atoms. The van der Waals surface area contributed by atoms with Crippen LogP contribution >= 0.6 is 35.6 Å². The summed E-state index contributed by atoms with van der Waals surface area (Å²) >= 11 is 6.25. The van der Waals surface area contributed by atoms with Crippen molar-refractivity contribution in [2.45, 2.75) is 32.2 Å². The Kier molecular flexibility index (Phi) is 10.8. The fourth-order valence-corrected chi connectivity index (χ4v) is 2.94. The van der Waals surface area contributed by atoms with Gasteiger partial charge in [-0.2, -0.15) is 0 Å². The Morgan fingerprint density at radius 3 is 2.93 bits per heavy atom. The van der Waals surface area contributed by atoms with Gasteiger partial charge in [-0.25, -0.2) is 9.98 Å². The molecule has 1 atom stereocenters. The number of guanidine groups is 1. The summed E-state index contributed by atoms with van der Waals surface area (Å²) in [7, 11) is 3.47. The summed E-state index contributed by atoms with van der Waals surface area (Å²) in [6, 6.07) is 3.92. The molecule has 1 fully saturated rings. The van der Waals surface area contributed by atoms with E-state index < -0.39 is 0 Å². The zero-order chi connectivity index (χ0) is 18.9. The largest absolute Gasteiger partial charge is 0.356 e. The lowest BCUT2D eigenvalue weighted by Crippen LogP contribution is -2.45. The second-order valence-corrected chi connectivity index (χ2v) is 7.03. The highest BCUT2D eigenvalue weighted by atomic mass is 127. The first-order valence-corrected chi connectivity index (χ1v) is 9.49. The minimum Gasteiger partial charge on any atom is -0.356 e. The second-order valence-electron chi connectivity index (χ2n) is 6.62. The molecule has 9 heteroatoms. The topological polar surface area (TPSA) is 72.9 Å². The maximum absolute atomic E-state index is 11.8. The maximum Gasteiger partial charge on any atom is 0.243 e. The van der Waals surface area contributed by atoms with Crippen molar-refractivity contribution < 1.29 is 4.79 Å². The van der Waals surface area contributed by atoms with Crippen molar-refractivity contribution in [2.24, 2.45) is 4.99 Å². The number of hydrogen-bond acceptors (Lipinski definition) is 4. The fourth-order valence-electron chi connectivity index (χ4n) is 2.70. The average Bonchev–Trinajstić information content (AvgIpc) is 3.08. The van der Waals surface area contributed by atoms with Crippen LogP contribution in [0.3, 0.4) is 0 Å². The summed E-state index contributed by atoms with van der Waals surface area (Å²) in [5.74, 6) is 1.49. The second kappa shape index (κ2) is 12.2. The number of halogens is 2. The Labute approximate surface area is 184 Å². The summed E-state index contributed by atoms with van der Waals surface area (Å²) in [5, 5.41) is 7.43. The van der Waals surface area contributed by atoms with Gasteiger partial charge in [0.05, 0.1) is 5.02 Å². The van der Waals surface area contributed by atoms with Crippen LogP contribution in [0.5, 0.6) is 0 Å². The highest BCUT2D eigenvalue weighted by Gasteiger charge is 2.25. The van der Waals surface area contributed by atoms with E-state index in [0.29, 0.717) is 11.0 Å². The maximum atomic E-state index is 11.8. The van der Waals surface area contributed by atoms with Crippen LogP contribution < -0.4 is 15.5 Å². The van der Waals surface area contributed by atoms with Crippen molar-refractivity contribution in [3.05, 3.63) is 23.4 Å². The Morgan fingerprint density at radius 2 is 2.26 bits per heavy atom. The van der Waals surface area contributed by atoms with E-state index in [-0.39, 0.29) is 42.5 Å². The first-order valence-electron chi connectivity index (χ1n) is 9.11. The molecule has 2 heterocycles. The standard InChI is InChI=1S/C18H29ClN6O.HI/c1-4-5-9-21-18(22-12-16(26)24(2)3)23-14-8-11-25(13-14)17-15(19)7-6-10-20-17;/h6-7,10,14H,4-5,8-9,11-13H2,1-3H3,(H2,21,22,23);1H. The van der Waals surface area contributed by atoms with Gasteiger partial charge < -0.3 is 20.4 Å². The predicted octanol–water partition coefficient (Wildman–Crippen LogP) is 2.36. The van der Waals surface area contributed by atoms with E-state index in [1.165, 1.54) is 0 Å². The third kappa shape index (κ3) is 7.69. The molecule has 0 radical (unpaired) electrons. The fraction of sp³-hybridized carbons (Fsp3) is 0.611. The minimum atomic E-state index is -0.0186. The monoisotopic (exact) mass is 508 g/mol. The van der Waals surface area contributed by atoms with E-state index in [1.807, 2.05) is 12.1 Å². The van der Waals surface area contributed by atoms with Gasteiger partial charge in [-0.3, -0.25) is 4.79 Å². The minimum absolute atomic E-state index is 0. The molecule has 0 bridgehead atoms. The molecule has 0 saturated carbocycles. The molecule has 1 aromatic rings. The number of aliphatic imine (C=N–C) groups is 1. The number of aromatic nitrogens is 1. The molecule has 2 N–H and O–H groups in total. The Balaban J connectivity index is 0.00000364. The third-order valence-corrected chi connectivity index (χ3v) is 4.56. The average molecular weight is 509 g/mol. The van der Waals surface area contributed by atoms with Crippen molar-refractivity contribution >= 4 is 53.3 Å². The van der Waals surface area contributed by atoms with Gasteiger partial charge in [0.2, 0.25) is 5.91 Å². The molecule has 0 aromatic carbocycles. The molecule has 1 aromatic heterocycles. The Morgan fingerprint density at radius 1 is 1.48 bits per heavy atom. The Bertz CT molecular complexity index is 628. The molecular formula is C18H30ClIN6O. The van der Waals surface area contributed by atoms with Crippen LogP contribution in [-0.2, 0) is 4.79 Å². The normalized spacial score (nSPS) is 16.7. The van der Waals surface area contributed by atoms with Crippen LogP contribution in [0.15, 0.2) is 23.3 Å². The van der Waals surface area contributed by atoms with E-state index in [1.54, 1.807) is 25.2 Å². The number of nitrogens with zero attached hydrogens (tertiary/aromatic N) is 4. The molecule has 1 aliphatic heterocycles. The molecule has 1 unspecified atom stereocenters. The lowest BCUT2D eigenvalue weighted by molar-refractivity contribution is -0.127. The van der Waals surface area contributed by atoms with Gasteiger partial charge in [0.15, 0.2) is 5.96 Å². The van der Waals surface area contributed by atoms with Crippen molar-refractivity contribution in [3.63, 3.8) is 0 Å². The van der Waals surface area contributed by atoms with Crippen molar-refractivity contribution in [3.8, 4) is 0 Å². The number of nitrogens with one attached hydrogen (secondary N) is 2. The number of unbranched alkanes of at least 4 members (excludes halogenated alkanes) is 1. The summed E-state index contributed by atoms with van der Waals surface area (Å²) in [4.78, 5) is 24.4. The Hall–Kier alpha value is -1.29. The van der Waals surface area contributed by atoms with E-state index in [0.717, 1.165) is 44.7 Å². The number of amides is 1. The van der Waals surface area contributed by atoms with Crippen LogP contribution in [0, 0.1) is 0 Å². The van der Waals surface area contributed by atoms with E-state index in [4.69, 9.17) is 11.6 Å². The smallest absolute Gasteiger partial charge is 0.243 e. The van der Waals surface area contributed by atoms with Gasteiger partial charge in [-0.1, -0.05) is 24.9 Å². The van der Waals surface area contributed by atoms with Gasteiger partial charge in [0, 0.05) is 46.0 Å². The molecular weight excluding hydrogens is 479 g/mol. The SMILES string of the molecule is CCCCNC(=NCC(=O)N(C)C)NC1CCN(c2ncccc2Cl)C1.I. The van der Waals surface area contributed by atoms with E-state index in [2.05, 4.69) is 32.4 Å². The van der Waals surface area contributed by atoms with Crippen LogP contribution in [0.1, 0.15) is 26.2 Å². The number of likely N-dealkylation sites (N-methyl/N-ethyl adjacent to an activating group) is 1. The van der Waals surface area contributed by atoms with Gasteiger partial charge in [0.1, 0.15) is 12.4 Å². The third-order valence-electron chi connectivity index (χ3n) is 4.26. The molecule has 27 heavy (non-hydrogen) atoms. The number of anilines is 1. The van der Waals surface area contributed by atoms with Crippen LogP contribution in [0.2, 0.25) is 5.02 Å². The van der Waals surface area contributed by atoms with Crippen LogP contribution in [-0.4, -0.2) is 68.1 Å². The molecule has 1 amide bonds. The van der Waals surface area contributed by atoms with Gasteiger partial charge >= 0.3 is 0 Å². The van der Waals surface area contributed by atoms with Gasteiger partial charge in [0.25, 0.3) is 0 Å². The van der Waals surface area contributed by atoms with Gasteiger partial charge in [-0.05, 0) is 25.0 Å². The number of rotatable bonds is 7. The lowest BCUT2D eigenvalue weighted by Gasteiger charge is -2.20. The molecule has 7 nitrogen and oxygen atoms in total. The molecule has 0 aliphatic carbocycles. The molecule has 152 valence electrons. The first-order chi connectivity index (χ1) is 12.5. The van der Waals surface area contributed by atoms with Crippen molar-refractivity contribution in [1.29, 1.82) is 0 Å². The molecule has 2 rings (SSSR count). The molecule has 1 saturated heterocycles. The zero-order valence-corrected chi connectivity index (χ0v) is 19.3. The number of pyridine rings is 1. The zero-order valence-electron chi connectivity index (χ0n) is 16.2. The van der Waals surface area contributed by atoms with Crippen LogP contribution in [0.4, 0.5) is 5.82 Å². The van der Waals surface area contributed by atoms with E-state index >= 15 is 0 Å². The quantitative estimate of drug-likeness (QED) is 0.256.